The molecule has 0 fully saturated rings. The summed E-state index contributed by atoms with van der Waals surface area (Å²) in [4.78, 5) is 18.9. The average molecular weight is 395 g/mol. The molecule has 6 heteroatoms. The Morgan fingerprint density at radius 2 is 1.86 bits per heavy atom. The van der Waals surface area contributed by atoms with Crippen molar-refractivity contribution < 1.29 is 13.6 Å². The van der Waals surface area contributed by atoms with Gasteiger partial charge in [0.15, 0.2) is 5.69 Å². The number of carbonyl (C=O) groups excluding carboxylic acids is 1. The Bertz CT molecular complexity index is 980. The van der Waals surface area contributed by atoms with Gasteiger partial charge in [-0.3, -0.25) is 9.69 Å². The van der Waals surface area contributed by atoms with Gasteiger partial charge in [0.2, 0.25) is 5.89 Å². The monoisotopic (exact) mass is 395 g/mol. The highest BCUT2D eigenvalue weighted by Gasteiger charge is 2.18. The lowest BCUT2D eigenvalue weighted by Crippen LogP contribution is -2.30. The van der Waals surface area contributed by atoms with Crippen molar-refractivity contribution in [1.29, 1.82) is 0 Å². The molecule has 3 rings (SSSR count). The Labute approximate surface area is 170 Å². The summed E-state index contributed by atoms with van der Waals surface area (Å²) in [6.07, 6.45) is 1.35. The van der Waals surface area contributed by atoms with Crippen molar-refractivity contribution >= 4 is 11.6 Å². The quantitative estimate of drug-likeness (QED) is 0.605. The minimum absolute atomic E-state index is 0.194. The number of amides is 1. The molecule has 0 atom stereocenters. The maximum atomic E-state index is 13.0. The number of aryl methyl sites for hydroxylation is 2. The van der Waals surface area contributed by atoms with Crippen molar-refractivity contribution in [3.05, 3.63) is 82.8 Å². The molecule has 5 nitrogen and oxygen atoms in total. The van der Waals surface area contributed by atoms with Gasteiger partial charge in [-0.05, 0) is 63.1 Å². The van der Waals surface area contributed by atoms with Gasteiger partial charge in [-0.25, -0.2) is 9.37 Å². The molecule has 1 N–H and O–H groups in total. The van der Waals surface area contributed by atoms with Gasteiger partial charge >= 0.3 is 0 Å². The number of benzene rings is 2. The van der Waals surface area contributed by atoms with E-state index in [2.05, 4.69) is 61.1 Å². The molecule has 0 saturated heterocycles. The van der Waals surface area contributed by atoms with Crippen molar-refractivity contribution in [2.45, 2.75) is 46.8 Å². The van der Waals surface area contributed by atoms with Crippen LogP contribution in [-0.2, 0) is 13.1 Å². The fourth-order valence-corrected chi connectivity index (χ4v) is 3.00. The lowest BCUT2D eigenvalue weighted by atomic mass is 10.0. The first kappa shape index (κ1) is 20.7. The minimum Gasteiger partial charge on any atom is -0.447 e. The van der Waals surface area contributed by atoms with E-state index in [1.54, 1.807) is 0 Å². The van der Waals surface area contributed by atoms with Crippen LogP contribution in [0.15, 0.2) is 53.1 Å². The highest BCUT2D eigenvalue weighted by molar-refractivity contribution is 6.02. The first-order valence-electron chi connectivity index (χ1n) is 9.63. The fourth-order valence-electron chi connectivity index (χ4n) is 3.00. The van der Waals surface area contributed by atoms with Gasteiger partial charge in [-0.1, -0.05) is 23.8 Å². The summed E-state index contributed by atoms with van der Waals surface area (Å²) in [7, 11) is 0. The summed E-state index contributed by atoms with van der Waals surface area (Å²) in [5.74, 6) is -0.269. The summed E-state index contributed by atoms with van der Waals surface area (Å²) >= 11 is 0. The van der Waals surface area contributed by atoms with Gasteiger partial charge in [0, 0.05) is 18.3 Å². The highest BCUT2D eigenvalue weighted by atomic mass is 19.1. The van der Waals surface area contributed by atoms with Gasteiger partial charge < -0.3 is 9.73 Å². The molecular weight excluding hydrogens is 369 g/mol. The molecule has 29 heavy (non-hydrogen) atoms. The zero-order valence-electron chi connectivity index (χ0n) is 17.2. The van der Waals surface area contributed by atoms with Crippen LogP contribution in [0.1, 0.15) is 46.9 Å². The second-order valence-corrected chi connectivity index (χ2v) is 7.52. The van der Waals surface area contributed by atoms with E-state index in [1.165, 1.54) is 47.2 Å². The molecule has 0 saturated carbocycles. The molecule has 152 valence electrons. The molecule has 0 aliphatic rings. The Balaban J connectivity index is 1.68. The van der Waals surface area contributed by atoms with E-state index in [-0.39, 0.29) is 17.6 Å². The normalized spacial score (nSPS) is 11.3. The summed E-state index contributed by atoms with van der Waals surface area (Å²) in [5.41, 5.74) is 4.43. The lowest BCUT2D eigenvalue weighted by Gasteiger charge is -2.26. The molecule has 1 heterocycles. The largest absolute Gasteiger partial charge is 0.447 e. The van der Waals surface area contributed by atoms with Crippen molar-refractivity contribution in [2.75, 3.05) is 5.32 Å². The van der Waals surface area contributed by atoms with Gasteiger partial charge in [-0.2, -0.15) is 0 Å². The van der Waals surface area contributed by atoms with Crippen LogP contribution < -0.4 is 5.32 Å². The number of nitrogens with zero attached hydrogens (tertiary/aromatic N) is 2. The van der Waals surface area contributed by atoms with Crippen LogP contribution >= 0.6 is 0 Å². The zero-order valence-corrected chi connectivity index (χ0v) is 17.2. The molecule has 0 bridgehead atoms. The van der Waals surface area contributed by atoms with E-state index in [0.29, 0.717) is 18.1 Å². The number of hydrogen-bond donors (Lipinski definition) is 1. The average Bonchev–Trinajstić information content (AvgIpc) is 3.14. The Kier molecular flexibility index (Phi) is 6.44. The maximum Gasteiger partial charge on any atom is 0.277 e. The number of hydrogen-bond acceptors (Lipinski definition) is 4. The molecule has 0 spiro atoms. The predicted octanol–water partition coefficient (Wildman–Crippen LogP) is 5.09. The third kappa shape index (κ3) is 5.51. The third-order valence-corrected chi connectivity index (χ3v) is 4.83. The number of nitrogens with one attached hydrogen (secondary N) is 1. The topological polar surface area (TPSA) is 58.4 Å². The number of anilines is 1. The van der Waals surface area contributed by atoms with Gasteiger partial charge in [-0.15, -0.1) is 0 Å². The minimum atomic E-state index is -0.391. The summed E-state index contributed by atoms with van der Waals surface area (Å²) in [6.45, 7) is 9.70. The lowest BCUT2D eigenvalue weighted by molar-refractivity contribution is 0.102. The van der Waals surface area contributed by atoms with Gasteiger partial charge in [0.05, 0.1) is 6.54 Å². The number of aromatic nitrogens is 1. The van der Waals surface area contributed by atoms with Crippen molar-refractivity contribution in [3.63, 3.8) is 0 Å². The van der Waals surface area contributed by atoms with Crippen LogP contribution in [0, 0.1) is 19.7 Å². The Morgan fingerprint density at radius 1 is 1.14 bits per heavy atom. The van der Waals surface area contributed by atoms with E-state index in [0.717, 1.165) is 6.54 Å². The molecule has 1 aromatic heterocycles. The van der Waals surface area contributed by atoms with Crippen molar-refractivity contribution in [3.8, 4) is 0 Å². The second kappa shape index (κ2) is 9.01. The fraction of sp³-hybridized carbons (Fsp3) is 0.304. The molecule has 1 amide bonds. The standard InChI is InChI=1S/C23H26FN3O2/c1-15(2)27(12-18-11-16(3)5-6-17(18)4)13-22-26-21(14-29-22)23(28)25-20-9-7-19(24)8-10-20/h5-11,14-15H,12-13H2,1-4H3,(H,25,28). The first-order valence-corrected chi connectivity index (χ1v) is 9.63. The van der Waals surface area contributed by atoms with E-state index < -0.39 is 5.91 Å². The van der Waals surface area contributed by atoms with Crippen molar-refractivity contribution in [1.82, 2.24) is 9.88 Å². The Hall–Kier alpha value is -2.99. The molecule has 2 aromatic carbocycles. The number of carbonyl (C=O) groups is 1. The van der Waals surface area contributed by atoms with E-state index in [4.69, 9.17) is 4.42 Å². The SMILES string of the molecule is Cc1ccc(C)c(CN(Cc2nc(C(=O)Nc3ccc(F)cc3)co2)C(C)C)c1. The van der Waals surface area contributed by atoms with Crippen LogP contribution in [0.2, 0.25) is 0 Å². The summed E-state index contributed by atoms with van der Waals surface area (Å²) < 4.78 is 18.5. The number of halogens is 1. The van der Waals surface area contributed by atoms with Crippen LogP contribution in [0.25, 0.3) is 0 Å². The molecule has 3 aromatic rings. The van der Waals surface area contributed by atoms with Crippen LogP contribution in [0.3, 0.4) is 0 Å². The molecule has 0 unspecified atom stereocenters. The van der Waals surface area contributed by atoms with Gasteiger partial charge in [0.25, 0.3) is 5.91 Å². The highest BCUT2D eigenvalue weighted by Crippen LogP contribution is 2.18. The molecule has 0 radical (unpaired) electrons. The molecule has 0 aliphatic carbocycles. The van der Waals surface area contributed by atoms with Gasteiger partial charge in [0.1, 0.15) is 12.1 Å². The van der Waals surface area contributed by atoms with Crippen LogP contribution in [0.5, 0.6) is 0 Å². The number of oxazole rings is 1. The second-order valence-electron chi connectivity index (χ2n) is 7.52. The zero-order chi connectivity index (χ0) is 21.0. The summed E-state index contributed by atoms with van der Waals surface area (Å²) in [5, 5.41) is 2.69. The van der Waals surface area contributed by atoms with E-state index >= 15 is 0 Å². The molecular formula is C23H26FN3O2. The molecule has 0 aliphatic heterocycles. The Morgan fingerprint density at radius 3 is 2.55 bits per heavy atom. The predicted molar refractivity (Wildman–Crippen MR) is 111 cm³/mol. The number of rotatable bonds is 7. The smallest absolute Gasteiger partial charge is 0.277 e. The maximum absolute atomic E-state index is 13.0. The van der Waals surface area contributed by atoms with E-state index in [1.807, 2.05) is 0 Å². The van der Waals surface area contributed by atoms with Crippen LogP contribution in [-0.4, -0.2) is 21.8 Å². The van der Waals surface area contributed by atoms with E-state index in [9.17, 15) is 9.18 Å². The first-order chi connectivity index (χ1) is 13.8. The summed E-state index contributed by atoms with van der Waals surface area (Å²) in [6, 6.07) is 12.3. The van der Waals surface area contributed by atoms with Crippen molar-refractivity contribution in [2.24, 2.45) is 0 Å². The third-order valence-electron chi connectivity index (χ3n) is 4.83. The van der Waals surface area contributed by atoms with Crippen LogP contribution in [0.4, 0.5) is 10.1 Å².